The molecule has 1 N–H and O–H groups in total. The second kappa shape index (κ2) is 12.7. The maximum Gasteiger partial charge on any atom is 0.264 e. The highest BCUT2D eigenvalue weighted by Crippen LogP contribution is 2.27. The average Bonchev–Trinajstić information content (AvgIpc) is 2.90. The number of sulfonamides is 1. The van der Waals surface area contributed by atoms with Crippen LogP contribution in [-0.4, -0.2) is 50.4 Å². The lowest BCUT2D eigenvalue weighted by molar-refractivity contribution is -0.140. The standard InChI is InChI=1S/C30H36ClN3O5S/c1-21-7-17-27(18-8-21)40(37,38)34(25-13-15-26(39-6)16-14-25)20-28(35)33(19-23-9-11-24(31)12-10-23)22(2)29(36)32-30(3,4)5/h7-18,22H,19-20H2,1-6H3,(H,32,36)/t22-/m1/s1. The van der Waals surface area contributed by atoms with Crippen molar-refractivity contribution in [2.24, 2.45) is 0 Å². The van der Waals surface area contributed by atoms with E-state index in [1.807, 2.05) is 27.7 Å². The molecule has 3 aromatic rings. The average molecular weight is 586 g/mol. The molecule has 0 aliphatic heterocycles. The summed E-state index contributed by atoms with van der Waals surface area (Å²) in [6.45, 7) is 8.59. The summed E-state index contributed by atoms with van der Waals surface area (Å²) < 4.78 is 34.0. The van der Waals surface area contributed by atoms with Gasteiger partial charge in [0, 0.05) is 17.1 Å². The lowest BCUT2D eigenvalue weighted by Gasteiger charge is -2.33. The zero-order valence-corrected chi connectivity index (χ0v) is 25.2. The van der Waals surface area contributed by atoms with E-state index in [1.165, 1.54) is 24.1 Å². The molecule has 3 aromatic carbocycles. The molecular weight excluding hydrogens is 550 g/mol. The van der Waals surface area contributed by atoms with Gasteiger partial charge in [0.25, 0.3) is 10.0 Å². The number of benzene rings is 3. The monoisotopic (exact) mass is 585 g/mol. The molecule has 0 aliphatic carbocycles. The fraction of sp³-hybridized carbons (Fsp3) is 0.333. The zero-order valence-electron chi connectivity index (χ0n) is 23.6. The van der Waals surface area contributed by atoms with E-state index < -0.39 is 34.1 Å². The molecule has 0 saturated carbocycles. The molecule has 10 heteroatoms. The van der Waals surface area contributed by atoms with Gasteiger partial charge in [-0.1, -0.05) is 41.4 Å². The van der Waals surface area contributed by atoms with Gasteiger partial charge in [-0.25, -0.2) is 8.42 Å². The first-order valence-electron chi connectivity index (χ1n) is 12.8. The number of nitrogens with zero attached hydrogens (tertiary/aromatic N) is 2. The number of anilines is 1. The van der Waals surface area contributed by atoms with Crippen molar-refractivity contribution >= 4 is 39.1 Å². The Kier molecular flexibility index (Phi) is 9.87. The minimum atomic E-state index is -4.15. The predicted octanol–water partition coefficient (Wildman–Crippen LogP) is 5.18. The topological polar surface area (TPSA) is 96.0 Å². The molecule has 3 rings (SSSR count). The Morgan fingerprint density at radius 2 is 1.52 bits per heavy atom. The van der Waals surface area contributed by atoms with Gasteiger partial charge in [-0.15, -0.1) is 0 Å². The van der Waals surface area contributed by atoms with E-state index in [1.54, 1.807) is 67.6 Å². The summed E-state index contributed by atoms with van der Waals surface area (Å²) in [5, 5.41) is 3.45. The molecule has 40 heavy (non-hydrogen) atoms. The number of aryl methyl sites for hydroxylation is 1. The lowest BCUT2D eigenvalue weighted by atomic mass is 10.1. The highest BCUT2D eigenvalue weighted by molar-refractivity contribution is 7.92. The van der Waals surface area contributed by atoms with Crippen molar-refractivity contribution in [1.29, 1.82) is 0 Å². The van der Waals surface area contributed by atoms with Crippen LogP contribution in [0.15, 0.2) is 77.7 Å². The van der Waals surface area contributed by atoms with Gasteiger partial charge in [0.1, 0.15) is 18.3 Å². The number of hydrogen-bond acceptors (Lipinski definition) is 5. The van der Waals surface area contributed by atoms with Crippen LogP contribution >= 0.6 is 11.6 Å². The first kappa shape index (κ1) is 31.0. The van der Waals surface area contributed by atoms with Crippen molar-refractivity contribution in [3.05, 3.63) is 88.9 Å². The van der Waals surface area contributed by atoms with E-state index in [0.717, 1.165) is 15.4 Å². The molecule has 0 saturated heterocycles. The van der Waals surface area contributed by atoms with Crippen molar-refractivity contribution < 1.29 is 22.7 Å². The second-order valence-corrected chi connectivity index (χ2v) is 12.9. The summed E-state index contributed by atoms with van der Waals surface area (Å²) in [5.41, 5.74) is 1.40. The number of ether oxygens (including phenoxy) is 1. The highest BCUT2D eigenvalue weighted by atomic mass is 35.5. The molecule has 0 unspecified atom stereocenters. The van der Waals surface area contributed by atoms with Crippen LogP contribution in [0.4, 0.5) is 5.69 Å². The van der Waals surface area contributed by atoms with E-state index in [2.05, 4.69) is 5.32 Å². The maximum atomic E-state index is 14.0. The number of methoxy groups -OCH3 is 1. The van der Waals surface area contributed by atoms with Crippen molar-refractivity contribution in [3.63, 3.8) is 0 Å². The Morgan fingerprint density at radius 1 is 0.950 bits per heavy atom. The summed E-state index contributed by atoms with van der Waals surface area (Å²) in [4.78, 5) is 28.5. The van der Waals surface area contributed by atoms with E-state index in [0.29, 0.717) is 10.8 Å². The number of amides is 2. The van der Waals surface area contributed by atoms with E-state index >= 15 is 0 Å². The van der Waals surface area contributed by atoms with Crippen LogP contribution in [0.25, 0.3) is 0 Å². The van der Waals surface area contributed by atoms with Gasteiger partial charge in [-0.3, -0.25) is 13.9 Å². The van der Waals surface area contributed by atoms with Crippen LogP contribution in [-0.2, 0) is 26.2 Å². The molecule has 0 spiro atoms. The van der Waals surface area contributed by atoms with Gasteiger partial charge >= 0.3 is 0 Å². The summed E-state index contributed by atoms with van der Waals surface area (Å²) >= 11 is 6.05. The molecule has 0 heterocycles. The van der Waals surface area contributed by atoms with Gasteiger partial charge in [0.15, 0.2) is 0 Å². The van der Waals surface area contributed by atoms with Gasteiger partial charge in [-0.2, -0.15) is 0 Å². The quantitative estimate of drug-likeness (QED) is 0.353. The zero-order chi connectivity index (χ0) is 29.7. The molecule has 2 amide bonds. The number of halogens is 1. The van der Waals surface area contributed by atoms with Crippen LogP contribution in [0, 0.1) is 6.92 Å². The Hall–Kier alpha value is -3.56. The van der Waals surface area contributed by atoms with Crippen LogP contribution < -0.4 is 14.4 Å². The molecule has 8 nitrogen and oxygen atoms in total. The van der Waals surface area contributed by atoms with Crippen molar-refractivity contribution in [3.8, 4) is 5.75 Å². The third-order valence-electron chi connectivity index (χ3n) is 6.18. The molecular formula is C30H36ClN3O5S. The summed E-state index contributed by atoms with van der Waals surface area (Å²) in [6.07, 6.45) is 0. The van der Waals surface area contributed by atoms with Crippen LogP contribution in [0.2, 0.25) is 5.02 Å². The van der Waals surface area contributed by atoms with E-state index in [4.69, 9.17) is 16.3 Å². The number of rotatable bonds is 10. The molecule has 0 bridgehead atoms. The second-order valence-electron chi connectivity index (χ2n) is 10.6. The normalized spacial score (nSPS) is 12.4. The molecule has 0 aliphatic rings. The Balaban J connectivity index is 2.03. The minimum absolute atomic E-state index is 0.0458. The highest BCUT2D eigenvalue weighted by Gasteiger charge is 2.33. The number of carbonyl (C=O) groups excluding carboxylic acids is 2. The minimum Gasteiger partial charge on any atom is -0.497 e. The molecule has 1 atom stereocenters. The first-order chi connectivity index (χ1) is 18.7. The van der Waals surface area contributed by atoms with Gasteiger partial charge < -0.3 is 15.0 Å². The molecule has 0 fully saturated rings. The van der Waals surface area contributed by atoms with E-state index in [-0.39, 0.29) is 23.0 Å². The Morgan fingerprint density at radius 3 is 2.05 bits per heavy atom. The summed E-state index contributed by atoms with van der Waals surface area (Å²) in [7, 11) is -2.63. The SMILES string of the molecule is COc1ccc(N(CC(=O)N(Cc2ccc(Cl)cc2)[C@H](C)C(=O)NC(C)(C)C)S(=O)(=O)c2ccc(C)cc2)cc1. The first-order valence-corrected chi connectivity index (χ1v) is 14.6. The lowest BCUT2D eigenvalue weighted by Crippen LogP contribution is -2.54. The van der Waals surface area contributed by atoms with Gasteiger partial charge in [-0.05, 0) is 88.7 Å². The molecule has 0 aromatic heterocycles. The smallest absolute Gasteiger partial charge is 0.264 e. The van der Waals surface area contributed by atoms with E-state index in [9.17, 15) is 18.0 Å². The number of carbonyl (C=O) groups is 2. The van der Waals surface area contributed by atoms with Crippen molar-refractivity contribution in [2.75, 3.05) is 18.0 Å². The Labute approximate surface area is 241 Å². The van der Waals surface area contributed by atoms with Gasteiger partial charge in [0.05, 0.1) is 17.7 Å². The van der Waals surface area contributed by atoms with Gasteiger partial charge in [0.2, 0.25) is 11.8 Å². The van der Waals surface area contributed by atoms with Crippen molar-refractivity contribution in [2.45, 2.75) is 57.6 Å². The number of hydrogen-bond donors (Lipinski definition) is 1. The Bertz CT molecular complexity index is 1420. The van der Waals surface area contributed by atoms with Crippen LogP contribution in [0.1, 0.15) is 38.8 Å². The molecule has 0 radical (unpaired) electrons. The number of nitrogens with one attached hydrogen (secondary N) is 1. The molecule has 214 valence electrons. The third-order valence-corrected chi connectivity index (χ3v) is 8.22. The fourth-order valence-electron chi connectivity index (χ4n) is 3.96. The third kappa shape index (κ3) is 7.99. The maximum absolute atomic E-state index is 14.0. The van der Waals surface area contributed by atoms with Crippen molar-refractivity contribution in [1.82, 2.24) is 10.2 Å². The van der Waals surface area contributed by atoms with Crippen LogP contribution in [0.3, 0.4) is 0 Å². The predicted molar refractivity (Wildman–Crippen MR) is 158 cm³/mol. The summed E-state index contributed by atoms with van der Waals surface area (Å²) in [6, 6.07) is 18.9. The largest absolute Gasteiger partial charge is 0.497 e. The fourth-order valence-corrected chi connectivity index (χ4v) is 5.50. The van der Waals surface area contributed by atoms with Crippen LogP contribution in [0.5, 0.6) is 5.75 Å². The summed E-state index contributed by atoms with van der Waals surface area (Å²) in [5.74, 6) is -0.357.